The summed E-state index contributed by atoms with van der Waals surface area (Å²) in [5.41, 5.74) is -1.30. The van der Waals surface area contributed by atoms with Gasteiger partial charge in [-0.1, -0.05) is 12.1 Å². The van der Waals surface area contributed by atoms with E-state index in [-0.39, 0.29) is 5.56 Å². The lowest BCUT2D eigenvalue weighted by atomic mass is 10.1. The van der Waals surface area contributed by atoms with E-state index < -0.39 is 29.5 Å². The molecule has 114 valence electrons. The molecule has 1 amide bonds. The van der Waals surface area contributed by atoms with Gasteiger partial charge in [0.15, 0.2) is 0 Å². The molecule has 1 N–H and O–H groups in total. The predicted molar refractivity (Wildman–Crippen MR) is 69.2 cm³/mol. The molecule has 0 aromatic heterocycles. The van der Waals surface area contributed by atoms with E-state index in [1.807, 2.05) is 0 Å². The Morgan fingerprint density at radius 3 is 2.14 bits per heavy atom. The normalized spacial score (nSPS) is 13.2. The van der Waals surface area contributed by atoms with Gasteiger partial charge in [0, 0.05) is 0 Å². The minimum absolute atomic E-state index is 0.247. The van der Waals surface area contributed by atoms with Crippen LogP contribution in [-0.2, 0) is 10.9 Å². The third kappa shape index (κ3) is 5.34. The first-order valence-electron chi connectivity index (χ1n) is 6.09. The number of halogens is 3. The second-order valence-corrected chi connectivity index (χ2v) is 5.33. The molecule has 0 bridgehead atoms. The van der Waals surface area contributed by atoms with Crippen molar-refractivity contribution in [2.75, 3.05) is 0 Å². The highest BCUT2D eigenvalue weighted by Gasteiger charge is 2.30. The van der Waals surface area contributed by atoms with Crippen LogP contribution in [0.1, 0.15) is 37.9 Å². The standard InChI is InChI=1S/C14H15F3N2O2/c1-13(2,3)21-12(20)19-11(8-18)9-4-6-10(7-5-9)14(15,16)17/h4-7,11H,1-3H3,(H,19,20). The van der Waals surface area contributed by atoms with Crippen LogP contribution in [0.2, 0.25) is 0 Å². The minimum atomic E-state index is -4.45. The number of carbonyl (C=O) groups is 1. The molecule has 0 heterocycles. The van der Waals surface area contributed by atoms with Crippen molar-refractivity contribution in [2.24, 2.45) is 0 Å². The first-order chi connectivity index (χ1) is 9.53. The number of hydrogen-bond acceptors (Lipinski definition) is 3. The van der Waals surface area contributed by atoms with Gasteiger partial charge in [-0.2, -0.15) is 18.4 Å². The van der Waals surface area contributed by atoms with Crippen molar-refractivity contribution >= 4 is 6.09 Å². The number of nitrogens with one attached hydrogen (secondary N) is 1. The van der Waals surface area contributed by atoms with Gasteiger partial charge in [0.2, 0.25) is 0 Å². The number of alkyl carbamates (subject to hydrolysis) is 1. The predicted octanol–water partition coefficient (Wildman–Crippen LogP) is 3.79. The Hall–Kier alpha value is -2.23. The number of carbonyl (C=O) groups excluding carboxylic acids is 1. The molecule has 0 fully saturated rings. The minimum Gasteiger partial charge on any atom is -0.444 e. The fourth-order valence-corrected chi connectivity index (χ4v) is 1.48. The quantitative estimate of drug-likeness (QED) is 0.903. The molecule has 1 aromatic carbocycles. The van der Waals surface area contributed by atoms with Gasteiger partial charge in [-0.05, 0) is 38.5 Å². The first-order valence-corrected chi connectivity index (χ1v) is 6.09. The second kappa shape index (κ2) is 6.04. The average Bonchev–Trinajstić information content (AvgIpc) is 2.33. The molecule has 0 spiro atoms. The van der Waals surface area contributed by atoms with E-state index in [9.17, 15) is 18.0 Å². The Morgan fingerprint density at radius 2 is 1.76 bits per heavy atom. The Labute approximate surface area is 120 Å². The number of hydrogen-bond donors (Lipinski definition) is 1. The highest BCUT2D eigenvalue weighted by atomic mass is 19.4. The Kier molecular flexibility index (Phi) is 4.84. The lowest BCUT2D eigenvalue weighted by Gasteiger charge is -2.21. The Bertz CT molecular complexity index is 539. The zero-order valence-corrected chi connectivity index (χ0v) is 11.8. The van der Waals surface area contributed by atoms with Crippen LogP contribution in [0.5, 0.6) is 0 Å². The highest BCUT2D eigenvalue weighted by Crippen LogP contribution is 2.29. The largest absolute Gasteiger partial charge is 0.444 e. The molecule has 0 saturated heterocycles. The molecule has 7 heteroatoms. The van der Waals surface area contributed by atoms with Gasteiger partial charge in [0.05, 0.1) is 11.6 Å². The zero-order valence-electron chi connectivity index (χ0n) is 11.8. The summed E-state index contributed by atoms with van der Waals surface area (Å²) in [5.74, 6) is 0. The molecule has 1 rings (SSSR count). The molecule has 21 heavy (non-hydrogen) atoms. The number of rotatable bonds is 2. The van der Waals surface area contributed by atoms with E-state index in [0.717, 1.165) is 24.3 Å². The van der Waals surface area contributed by atoms with Crippen LogP contribution >= 0.6 is 0 Å². The van der Waals surface area contributed by atoms with Gasteiger partial charge in [0.25, 0.3) is 0 Å². The summed E-state index contributed by atoms with van der Waals surface area (Å²) in [4.78, 5) is 11.6. The molecule has 1 atom stereocenters. The maximum Gasteiger partial charge on any atom is 0.416 e. The van der Waals surface area contributed by atoms with Crippen molar-refractivity contribution in [3.8, 4) is 6.07 Å². The topological polar surface area (TPSA) is 62.1 Å². The van der Waals surface area contributed by atoms with Crippen LogP contribution in [0, 0.1) is 11.3 Å². The van der Waals surface area contributed by atoms with Crippen LogP contribution in [0.25, 0.3) is 0 Å². The summed E-state index contributed by atoms with van der Waals surface area (Å²) < 4.78 is 42.3. The van der Waals surface area contributed by atoms with Gasteiger partial charge < -0.3 is 10.1 Å². The number of benzene rings is 1. The average molecular weight is 300 g/mol. The number of alkyl halides is 3. The molecular formula is C14H15F3N2O2. The lowest BCUT2D eigenvalue weighted by Crippen LogP contribution is -2.34. The second-order valence-electron chi connectivity index (χ2n) is 5.33. The first kappa shape index (κ1) is 16.8. The van der Waals surface area contributed by atoms with Crippen LogP contribution in [-0.4, -0.2) is 11.7 Å². The van der Waals surface area contributed by atoms with Crippen LogP contribution in [0.3, 0.4) is 0 Å². The molecule has 1 aromatic rings. The molecule has 0 aliphatic carbocycles. The Morgan fingerprint density at radius 1 is 1.24 bits per heavy atom. The number of nitrogens with zero attached hydrogens (tertiary/aromatic N) is 1. The van der Waals surface area contributed by atoms with E-state index in [1.165, 1.54) is 0 Å². The van der Waals surface area contributed by atoms with Gasteiger partial charge >= 0.3 is 12.3 Å². The molecular weight excluding hydrogens is 285 g/mol. The summed E-state index contributed by atoms with van der Waals surface area (Å²) in [6, 6.07) is 4.73. The SMILES string of the molecule is CC(C)(C)OC(=O)NC(C#N)c1ccc(C(F)(F)F)cc1. The van der Waals surface area contributed by atoms with Crippen molar-refractivity contribution in [1.82, 2.24) is 5.32 Å². The van der Waals surface area contributed by atoms with E-state index >= 15 is 0 Å². The van der Waals surface area contributed by atoms with Crippen molar-refractivity contribution in [3.63, 3.8) is 0 Å². The number of ether oxygens (including phenoxy) is 1. The summed E-state index contributed by atoms with van der Waals surface area (Å²) >= 11 is 0. The Balaban J connectivity index is 2.82. The monoisotopic (exact) mass is 300 g/mol. The van der Waals surface area contributed by atoms with Crippen molar-refractivity contribution in [2.45, 2.75) is 38.6 Å². The fourth-order valence-electron chi connectivity index (χ4n) is 1.48. The van der Waals surface area contributed by atoms with Crippen molar-refractivity contribution in [1.29, 1.82) is 5.26 Å². The molecule has 4 nitrogen and oxygen atoms in total. The summed E-state index contributed by atoms with van der Waals surface area (Å²) in [6.07, 6.45) is -5.26. The molecule has 1 unspecified atom stereocenters. The van der Waals surface area contributed by atoms with E-state index in [0.29, 0.717) is 0 Å². The van der Waals surface area contributed by atoms with Crippen molar-refractivity contribution in [3.05, 3.63) is 35.4 Å². The van der Waals surface area contributed by atoms with Gasteiger partial charge in [-0.25, -0.2) is 4.79 Å². The molecule has 0 aliphatic heterocycles. The third-order valence-corrected chi connectivity index (χ3v) is 2.36. The van der Waals surface area contributed by atoms with Gasteiger partial charge in [-0.15, -0.1) is 0 Å². The summed E-state index contributed by atoms with van der Waals surface area (Å²) in [6.45, 7) is 4.98. The van der Waals surface area contributed by atoms with Gasteiger partial charge in [-0.3, -0.25) is 0 Å². The van der Waals surface area contributed by atoms with E-state index in [4.69, 9.17) is 10.00 Å². The van der Waals surface area contributed by atoms with Crippen LogP contribution < -0.4 is 5.32 Å². The summed E-state index contributed by atoms with van der Waals surface area (Å²) in [7, 11) is 0. The summed E-state index contributed by atoms with van der Waals surface area (Å²) in [5, 5.41) is 11.3. The van der Waals surface area contributed by atoms with Crippen LogP contribution in [0.4, 0.5) is 18.0 Å². The maximum absolute atomic E-state index is 12.4. The lowest BCUT2D eigenvalue weighted by molar-refractivity contribution is -0.137. The number of nitriles is 1. The van der Waals surface area contributed by atoms with E-state index in [1.54, 1.807) is 26.8 Å². The highest BCUT2D eigenvalue weighted by molar-refractivity contribution is 5.69. The molecule has 0 saturated carbocycles. The smallest absolute Gasteiger partial charge is 0.416 e. The van der Waals surface area contributed by atoms with Crippen LogP contribution in [0.15, 0.2) is 24.3 Å². The maximum atomic E-state index is 12.4. The van der Waals surface area contributed by atoms with E-state index in [2.05, 4.69) is 5.32 Å². The van der Waals surface area contributed by atoms with Gasteiger partial charge in [0.1, 0.15) is 11.6 Å². The van der Waals surface area contributed by atoms with Crippen molar-refractivity contribution < 1.29 is 22.7 Å². The molecule has 0 aliphatic rings. The number of amides is 1. The molecule has 0 radical (unpaired) electrons. The zero-order chi connectivity index (χ0) is 16.3. The fraction of sp³-hybridized carbons (Fsp3) is 0.429. The third-order valence-electron chi connectivity index (χ3n) is 2.36.